The summed E-state index contributed by atoms with van der Waals surface area (Å²) in [6.45, 7) is 5.05. The molecule has 2 N–H and O–H groups in total. The average Bonchev–Trinajstić information content (AvgIpc) is 2.71. The standard InChI is InChI=1S/C9H15N3S/c1-7-6-13-9(11-7)12-3-2-8(4-10)5-12/h6,8H,2-5,10H2,1H3. The van der Waals surface area contributed by atoms with Crippen LogP contribution in [0.4, 0.5) is 5.13 Å². The number of anilines is 1. The van der Waals surface area contributed by atoms with Crippen molar-refractivity contribution in [2.45, 2.75) is 13.3 Å². The van der Waals surface area contributed by atoms with E-state index in [-0.39, 0.29) is 0 Å². The zero-order chi connectivity index (χ0) is 9.26. The molecule has 1 saturated heterocycles. The molecule has 1 fully saturated rings. The van der Waals surface area contributed by atoms with Gasteiger partial charge in [0, 0.05) is 18.5 Å². The second-order valence-corrected chi connectivity index (χ2v) is 4.44. The largest absolute Gasteiger partial charge is 0.348 e. The van der Waals surface area contributed by atoms with Crippen molar-refractivity contribution in [2.75, 3.05) is 24.5 Å². The second kappa shape index (κ2) is 3.64. The van der Waals surface area contributed by atoms with E-state index in [0.717, 1.165) is 30.5 Å². The van der Waals surface area contributed by atoms with Crippen molar-refractivity contribution in [3.05, 3.63) is 11.1 Å². The van der Waals surface area contributed by atoms with Crippen molar-refractivity contribution in [3.63, 3.8) is 0 Å². The fraction of sp³-hybridized carbons (Fsp3) is 0.667. The molecule has 1 aromatic heterocycles. The molecule has 13 heavy (non-hydrogen) atoms. The van der Waals surface area contributed by atoms with Crippen LogP contribution < -0.4 is 10.6 Å². The van der Waals surface area contributed by atoms with Crippen LogP contribution in [-0.2, 0) is 0 Å². The Morgan fingerprint density at radius 3 is 3.15 bits per heavy atom. The van der Waals surface area contributed by atoms with Crippen molar-refractivity contribution < 1.29 is 0 Å². The highest BCUT2D eigenvalue weighted by atomic mass is 32.1. The molecule has 4 heteroatoms. The molecule has 1 aliphatic rings. The van der Waals surface area contributed by atoms with Crippen molar-refractivity contribution in [1.82, 2.24) is 4.98 Å². The Bertz CT molecular complexity index is 284. The predicted molar refractivity (Wildman–Crippen MR) is 56.2 cm³/mol. The van der Waals surface area contributed by atoms with Crippen LogP contribution in [0.1, 0.15) is 12.1 Å². The number of nitrogens with zero attached hydrogens (tertiary/aromatic N) is 2. The molecule has 1 aromatic rings. The molecule has 0 bridgehead atoms. The topological polar surface area (TPSA) is 42.1 Å². The maximum atomic E-state index is 5.64. The lowest BCUT2D eigenvalue weighted by Crippen LogP contribution is -2.22. The van der Waals surface area contributed by atoms with Crippen LogP contribution in [0.5, 0.6) is 0 Å². The highest BCUT2D eigenvalue weighted by molar-refractivity contribution is 7.13. The van der Waals surface area contributed by atoms with E-state index in [9.17, 15) is 0 Å². The van der Waals surface area contributed by atoms with Gasteiger partial charge in [0.05, 0.1) is 5.69 Å². The zero-order valence-electron chi connectivity index (χ0n) is 7.86. The van der Waals surface area contributed by atoms with Gasteiger partial charge in [-0.05, 0) is 25.8 Å². The molecular weight excluding hydrogens is 182 g/mol. The van der Waals surface area contributed by atoms with Gasteiger partial charge in [0.1, 0.15) is 0 Å². The van der Waals surface area contributed by atoms with Gasteiger partial charge in [0.25, 0.3) is 0 Å². The van der Waals surface area contributed by atoms with E-state index in [2.05, 4.69) is 15.3 Å². The van der Waals surface area contributed by atoms with Gasteiger partial charge >= 0.3 is 0 Å². The quantitative estimate of drug-likeness (QED) is 0.775. The molecule has 0 amide bonds. The van der Waals surface area contributed by atoms with Crippen LogP contribution in [0.3, 0.4) is 0 Å². The van der Waals surface area contributed by atoms with E-state index in [0.29, 0.717) is 5.92 Å². The molecular formula is C9H15N3S. The zero-order valence-corrected chi connectivity index (χ0v) is 8.68. The van der Waals surface area contributed by atoms with E-state index in [1.165, 1.54) is 6.42 Å². The summed E-state index contributed by atoms with van der Waals surface area (Å²) in [6.07, 6.45) is 1.22. The Kier molecular flexibility index (Phi) is 2.51. The third-order valence-corrected chi connectivity index (χ3v) is 3.52. The van der Waals surface area contributed by atoms with Gasteiger partial charge in [-0.2, -0.15) is 0 Å². The fourth-order valence-corrected chi connectivity index (χ4v) is 2.53. The summed E-state index contributed by atoms with van der Waals surface area (Å²) in [5, 5.41) is 3.26. The normalized spacial score (nSPS) is 22.6. The van der Waals surface area contributed by atoms with Crippen molar-refractivity contribution in [1.29, 1.82) is 0 Å². The smallest absolute Gasteiger partial charge is 0.185 e. The molecule has 0 spiro atoms. The number of hydrogen-bond donors (Lipinski definition) is 1. The molecule has 0 radical (unpaired) electrons. The molecule has 0 aliphatic carbocycles. The molecule has 0 saturated carbocycles. The fourth-order valence-electron chi connectivity index (χ4n) is 1.69. The van der Waals surface area contributed by atoms with E-state index in [4.69, 9.17) is 5.73 Å². The van der Waals surface area contributed by atoms with E-state index < -0.39 is 0 Å². The summed E-state index contributed by atoms with van der Waals surface area (Å²) in [5.74, 6) is 0.671. The van der Waals surface area contributed by atoms with Gasteiger partial charge in [-0.1, -0.05) is 0 Å². The van der Waals surface area contributed by atoms with Gasteiger partial charge in [-0.25, -0.2) is 4.98 Å². The van der Waals surface area contributed by atoms with Gasteiger partial charge in [0.15, 0.2) is 5.13 Å². The summed E-state index contributed by atoms with van der Waals surface area (Å²) in [5.41, 5.74) is 6.76. The van der Waals surface area contributed by atoms with Crippen molar-refractivity contribution in [2.24, 2.45) is 11.7 Å². The molecule has 1 atom stereocenters. The SMILES string of the molecule is Cc1csc(N2CCC(CN)C2)n1. The molecule has 72 valence electrons. The highest BCUT2D eigenvalue weighted by Crippen LogP contribution is 2.26. The maximum Gasteiger partial charge on any atom is 0.185 e. The number of rotatable bonds is 2. The number of aryl methyl sites for hydroxylation is 1. The predicted octanol–water partition coefficient (Wildman–Crippen LogP) is 1.24. The second-order valence-electron chi connectivity index (χ2n) is 3.61. The third kappa shape index (κ3) is 1.84. The molecule has 2 rings (SSSR count). The molecule has 1 aliphatic heterocycles. The van der Waals surface area contributed by atoms with Crippen molar-refractivity contribution in [3.8, 4) is 0 Å². The number of hydrogen-bond acceptors (Lipinski definition) is 4. The molecule has 3 nitrogen and oxygen atoms in total. The molecule has 1 unspecified atom stereocenters. The van der Waals surface area contributed by atoms with Gasteiger partial charge in [-0.15, -0.1) is 11.3 Å². The monoisotopic (exact) mass is 197 g/mol. The molecule has 0 aromatic carbocycles. The Hall–Kier alpha value is -0.610. The van der Waals surface area contributed by atoms with Gasteiger partial charge in [0.2, 0.25) is 0 Å². The Morgan fingerprint density at radius 2 is 2.62 bits per heavy atom. The van der Waals surface area contributed by atoms with Crippen LogP contribution in [0.25, 0.3) is 0 Å². The van der Waals surface area contributed by atoms with Crippen LogP contribution >= 0.6 is 11.3 Å². The lowest BCUT2D eigenvalue weighted by molar-refractivity contribution is 0.602. The average molecular weight is 197 g/mol. The number of aromatic nitrogens is 1. The minimum absolute atomic E-state index is 0.671. The maximum absolute atomic E-state index is 5.64. The minimum Gasteiger partial charge on any atom is -0.348 e. The summed E-state index contributed by atoms with van der Waals surface area (Å²) >= 11 is 1.73. The lowest BCUT2D eigenvalue weighted by Gasteiger charge is -2.13. The summed E-state index contributed by atoms with van der Waals surface area (Å²) in [4.78, 5) is 6.81. The lowest BCUT2D eigenvalue weighted by atomic mass is 10.1. The van der Waals surface area contributed by atoms with Crippen LogP contribution in [0.2, 0.25) is 0 Å². The first kappa shape index (κ1) is 8.97. The highest BCUT2D eigenvalue weighted by Gasteiger charge is 2.22. The summed E-state index contributed by atoms with van der Waals surface area (Å²) < 4.78 is 0. The summed E-state index contributed by atoms with van der Waals surface area (Å²) in [6, 6.07) is 0. The first-order valence-corrected chi connectivity index (χ1v) is 5.54. The van der Waals surface area contributed by atoms with E-state index >= 15 is 0 Å². The number of thiazole rings is 1. The van der Waals surface area contributed by atoms with Crippen LogP contribution in [0, 0.1) is 12.8 Å². The Morgan fingerprint density at radius 1 is 1.77 bits per heavy atom. The first-order chi connectivity index (χ1) is 6.29. The van der Waals surface area contributed by atoms with Gasteiger partial charge < -0.3 is 10.6 Å². The Labute approximate surface area is 82.6 Å². The van der Waals surface area contributed by atoms with E-state index in [1.807, 2.05) is 6.92 Å². The van der Waals surface area contributed by atoms with Crippen molar-refractivity contribution >= 4 is 16.5 Å². The number of nitrogens with two attached hydrogens (primary N) is 1. The van der Waals surface area contributed by atoms with Crippen LogP contribution in [-0.4, -0.2) is 24.6 Å². The van der Waals surface area contributed by atoms with E-state index in [1.54, 1.807) is 11.3 Å². The first-order valence-electron chi connectivity index (χ1n) is 4.66. The molecule has 2 heterocycles. The third-order valence-electron chi connectivity index (χ3n) is 2.50. The minimum atomic E-state index is 0.671. The van der Waals surface area contributed by atoms with Crippen LogP contribution in [0.15, 0.2) is 5.38 Å². The van der Waals surface area contributed by atoms with Gasteiger partial charge in [-0.3, -0.25) is 0 Å². The Balaban J connectivity index is 2.03. The summed E-state index contributed by atoms with van der Waals surface area (Å²) in [7, 11) is 0.